The lowest BCUT2D eigenvalue weighted by atomic mass is 10.1. The van der Waals surface area contributed by atoms with E-state index in [0.717, 1.165) is 0 Å². The van der Waals surface area contributed by atoms with E-state index in [0.29, 0.717) is 53.8 Å². The van der Waals surface area contributed by atoms with Gasteiger partial charge in [0.25, 0.3) is 5.91 Å². The van der Waals surface area contributed by atoms with Gasteiger partial charge < -0.3 is 20.7 Å². The summed E-state index contributed by atoms with van der Waals surface area (Å²) in [6.45, 7) is 5.37. The van der Waals surface area contributed by atoms with Crippen molar-refractivity contribution in [2.45, 2.75) is 13.8 Å². The monoisotopic (exact) mass is 459 g/mol. The maximum Gasteiger partial charge on any atom is 0.341 e. The number of anilines is 2. The van der Waals surface area contributed by atoms with Gasteiger partial charge in [-0.25, -0.2) is 19.7 Å². The van der Waals surface area contributed by atoms with E-state index in [9.17, 15) is 9.59 Å². The highest BCUT2D eigenvalue weighted by Gasteiger charge is 2.17. The van der Waals surface area contributed by atoms with Crippen LogP contribution in [0, 0.1) is 11.3 Å². The zero-order chi connectivity index (χ0) is 24.3. The number of nitriles is 1. The van der Waals surface area contributed by atoms with Crippen LogP contribution in [0.1, 0.15) is 40.1 Å². The first-order valence-electron chi connectivity index (χ1n) is 10.8. The Morgan fingerprint density at radius 2 is 1.76 bits per heavy atom. The summed E-state index contributed by atoms with van der Waals surface area (Å²) in [6.07, 6.45) is 2.94. The topological polar surface area (TPSA) is 142 Å². The first-order valence-corrected chi connectivity index (χ1v) is 10.8. The molecule has 174 valence electrons. The smallest absolute Gasteiger partial charge is 0.341 e. The van der Waals surface area contributed by atoms with Crippen LogP contribution >= 0.6 is 0 Å². The molecule has 34 heavy (non-hydrogen) atoms. The van der Waals surface area contributed by atoms with E-state index in [-0.39, 0.29) is 18.1 Å². The Labute approximate surface area is 197 Å². The molecule has 0 aliphatic carbocycles. The zero-order valence-electron chi connectivity index (χ0n) is 19.0. The summed E-state index contributed by atoms with van der Waals surface area (Å²) in [5, 5.41) is 18.0. The molecule has 0 saturated heterocycles. The number of hydrogen-bond acceptors (Lipinski definition) is 9. The van der Waals surface area contributed by atoms with Crippen LogP contribution in [0.15, 0.2) is 48.8 Å². The molecule has 10 nitrogen and oxygen atoms in total. The molecule has 2 heterocycles. The SMILES string of the molecule is CCNC(=O)c1ccc(NCCNc2ncc(C(=O)OCC)c(-c3ccc(C#N)cc3)n2)nc1. The Morgan fingerprint density at radius 1 is 1.00 bits per heavy atom. The number of rotatable bonds is 10. The van der Waals surface area contributed by atoms with Crippen LogP contribution in [0.5, 0.6) is 0 Å². The molecule has 0 saturated carbocycles. The number of carbonyl (C=O) groups excluding carboxylic acids is 2. The molecule has 0 spiro atoms. The predicted molar refractivity (Wildman–Crippen MR) is 127 cm³/mol. The van der Waals surface area contributed by atoms with E-state index in [4.69, 9.17) is 10.00 Å². The molecule has 0 radical (unpaired) electrons. The number of pyridine rings is 1. The van der Waals surface area contributed by atoms with Gasteiger partial charge in [-0.1, -0.05) is 12.1 Å². The Morgan fingerprint density at radius 3 is 2.41 bits per heavy atom. The minimum atomic E-state index is -0.516. The molecular formula is C24H25N7O3. The van der Waals surface area contributed by atoms with Gasteiger partial charge in [-0.15, -0.1) is 0 Å². The number of carbonyl (C=O) groups is 2. The molecule has 2 aromatic heterocycles. The Balaban J connectivity index is 1.66. The van der Waals surface area contributed by atoms with Crippen LogP contribution in [-0.2, 0) is 4.74 Å². The highest BCUT2D eigenvalue weighted by Crippen LogP contribution is 2.23. The molecule has 0 unspecified atom stereocenters. The molecule has 0 atom stereocenters. The second-order valence-corrected chi connectivity index (χ2v) is 7.01. The lowest BCUT2D eigenvalue weighted by molar-refractivity contribution is 0.0526. The van der Waals surface area contributed by atoms with Gasteiger partial charge >= 0.3 is 5.97 Å². The van der Waals surface area contributed by atoms with E-state index < -0.39 is 5.97 Å². The van der Waals surface area contributed by atoms with Crippen molar-refractivity contribution in [2.24, 2.45) is 0 Å². The molecule has 0 bridgehead atoms. The van der Waals surface area contributed by atoms with Crippen LogP contribution in [0.2, 0.25) is 0 Å². The first-order chi connectivity index (χ1) is 16.5. The Bertz CT molecular complexity index is 1170. The number of esters is 1. The fraction of sp³-hybridized carbons (Fsp3) is 0.250. The minimum absolute atomic E-state index is 0.162. The lowest BCUT2D eigenvalue weighted by Crippen LogP contribution is -2.22. The summed E-state index contributed by atoms with van der Waals surface area (Å²) in [4.78, 5) is 37.1. The molecule has 1 aromatic carbocycles. The summed E-state index contributed by atoms with van der Waals surface area (Å²) in [7, 11) is 0. The minimum Gasteiger partial charge on any atom is -0.462 e. The average molecular weight is 460 g/mol. The van der Waals surface area contributed by atoms with Crippen LogP contribution in [-0.4, -0.2) is 53.1 Å². The molecule has 0 fully saturated rings. The van der Waals surface area contributed by atoms with Crippen molar-refractivity contribution < 1.29 is 14.3 Å². The number of amides is 1. The predicted octanol–water partition coefficient (Wildman–Crippen LogP) is 2.86. The van der Waals surface area contributed by atoms with Crippen LogP contribution in [0.4, 0.5) is 11.8 Å². The van der Waals surface area contributed by atoms with Crippen molar-refractivity contribution in [3.8, 4) is 17.3 Å². The maximum atomic E-state index is 12.4. The first kappa shape index (κ1) is 24.1. The fourth-order valence-corrected chi connectivity index (χ4v) is 3.01. The molecular weight excluding hydrogens is 434 g/mol. The Kier molecular flexibility index (Phi) is 8.46. The Hall–Kier alpha value is -4.52. The van der Waals surface area contributed by atoms with E-state index >= 15 is 0 Å². The average Bonchev–Trinajstić information content (AvgIpc) is 2.87. The third kappa shape index (κ3) is 6.26. The second kappa shape index (κ2) is 11.9. The normalized spacial score (nSPS) is 10.1. The van der Waals surface area contributed by atoms with Crippen LogP contribution < -0.4 is 16.0 Å². The number of aromatic nitrogens is 3. The third-order valence-corrected chi connectivity index (χ3v) is 4.65. The van der Waals surface area contributed by atoms with Crippen molar-refractivity contribution >= 4 is 23.6 Å². The highest BCUT2D eigenvalue weighted by atomic mass is 16.5. The molecule has 0 aliphatic heterocycles. The largest absolute Gasteiger partial charge is 0.462 e. The fourth-order valence-electron chi connectivity index (χ4n) is 3.01. The van der Waals surface area contributed by atoms with E-state index in [1.165, 1.54) is 12.4 Å². The summed E-state index contributed by atoms with van der Waals surface area (Å²) < 4.78 is 5.13. The number of nitrogens with zero attached hydrogens (tertiary/aromatic N) is 4. The van der Waals surface area contributed by atoms with Crippen molar-refractivity contribution in [2.75, 3.05) is 36.9 Å². The third-order valence-electron chi connectivity index (χ3n) is 4.65. The number of hydrogen-bond donors (Lipinski definition) is 3. The number of benzene rings is 1. The van der Waals surface area contributed by atoms with Gasteiger partial charge in [-0.05, 0) is 38.1 Å². The highest BCUT2D eigenvalue weighted by molar-refractivity contribution is 5.96. The molecule has 10 heteroatoms. The van der Waals surface area contributed by atoms with Gasteiger partial charge in [0.05, 0.1) is 29.5 Å². The summed E-state index contributed by atoms with van der Waals surface area (Å²) >= 11 is 0. The molecule has 1 amide bonds. The summed E-state index contributed by atoms with van der Waals surface area (Å²) in [5.41, 5.74) is 2.33. The van der Waals surface area contributed by atoms with Crippen LogP contribution in [0.25, 0.3) is 11.3 Å². The standard InChI is InChI=1S/C24H25N7O3/c1-3-26-22(32)18-9-10-20(29-14-18)27-11-12-28-24-30-15-19(23(33)34-4-2)21(31-24)17-7-5-16(13-25)6-8-17/h5-10,14-15H,3-4,11-12H2,1-2H3,(H,26,32)(H,27,29)(H,28,30,31). The van der Waals surface area contributed by atoms with Crippen LogP contribution in [0.3, 0.4) is 0 Å². The van der Waals surface area contributed by atoms with Gasteiger partial charge in [0.15, 0.2) is 0 Å². The summed E-state index contributed by atoms with van der Waals surface area (Å²) in [6, 6.07) is 12.3. The van der Waals surface area contributed by atoms with Crippen molar-refractivity contribution in [3.63, 3.8) is 0 Å². The van der Waals surface area contributed by atoms with E-state index in [1.54, 1.807) is 43.3 Å². The van der Waals surface area contributed by atoms with E-state index in [1.807, 2.05) is 6.92 Å². The summed E-state index contributed by atoms with van der Waals surface area (Å²) in [5.74, 6) is 0.294. The van der Waals surface area contributed by atoms with Crippen molar-refractivity contribution in [1.82, 2.24) is 20.3 Å². The van der Waals surface area contributed by atoms with Gasteiger partial charge in [-0.2, -0.15) is 5.26 Å². The van der Waals surface area contributed by atoms with E-state index in [2.05, 4.69) is 37.0 Å². The molecule has 3 rings (SSSR count). The van der Waals surface area contributed by atoms with Gasteiger partial charge in [0.1, 0.15) is 11.4 Å². The van der Waals surface area contributed by atoms with Gasteiger partial charge in [0.2, 0.25) is 5.95 Å². The maximum absolute atomic E-state index is 12.4. The number of ether oxygens (including phenoxy) is 1. The second-order valence-electron chi connectivity index (χ2n) is 7.01. The van der Waals surface area contributed by atoms with Crippen molar-refractivity contribution in [1.29, 1.82) is 5.26 Å². The van der Waals surface area contributed by atoms with Crippen molar-refractivity contribution in [3.05, 3.63) is 65.5 Å². The van der Waals surface area contributed by atoms with Gasteiger partial charge in [-0.3, -0.25) is 4.79 Å². The van der Waals surface area contributed by atoms with Gasteiger partial charge in [0, 0.05) is 37.6 Å². The molecule has 0 aliphatic rings. The zero-order valence-corrected chi connectivity index (χ0v) is 19.0. The molecule has 3 N–H and O–H groups in total. The quantitative estimate of drug-likeness (QED) is 0.308. The number of nitrogens with one attached hydrogen (secondary N) is 3. The molecule has 3 aromatic rings. The lowest BCUT2D eigenvalue weighted by Gasteiger charge is -2.12.